The van der Waals surface area contributed by atoms with Crippen LogP contribution in [0.1, 0.15) is 5.56 Å². The zero-order valence-corrected chi connectivity index (χ0v) is 14.6. The zero-order chi connectivity index (χ0) is 17.4. The van der Waals surface area contributed by atoms with E-state index in [-0.39, 0.29) is 13.2 Å². The molecule has 2 rings (SSSR count). The van der Waals surface area contributed by atoms with Gasteiger partial charge in [0, 0.05) is 4.47 Å². The lowest BCUT2D eigenvalue weighted by Crippen LogP contribution is -2.45. The average Bonchev–Trinajstić information content (AvgIpc) is 2.58. The van der Waals surface area contributed by atoms with Gasteiger partial charge in [0.05, 0.1) is 0 Å². The third kappa shape index (κ3) is 5.92. The summed E-state index contributed by atoms with van der Waals surface area (Å²) >= 11 is 3.35. The Morgan fingerprint density at radius 3 is 2.21 bits per heavy atom. The Balaban J connectivity index is 1.68. The van der Waals surface area contributed by atoms with Gasteiger partial charge < -0.3 is 9.47 Å². The van der Waals surface area contributed by atoms with Gasteiger partial charge in [-0.25, -0.2) is 0 Å². The van der Waals surface area contributed by atoms with Gasteiger partial charge in [-0.3, -0.25) is 20.4 Å². The molecule has 2 amide bonds. The summed E-state index contributed by atoms with van der Waals surface area (Å²) < 4.78 is 11.6. The molecule has 0 spiro atoms. The number of nitrogens with one attached hydrogen (secondary N) is 2. The van der Waals surface area contributed by atoms with E-state index in [9.17, 15) is 9.59 Å². The molecule has 0 aliphatic carbocycles. The van der Waals surface area contributed by atoms with E-state index in [2.05, 4.69) is 26.8 Å². The van der Waals surface area contributed by atoms with Crippen molar-refractivity contribution in [3.8, 4) is 11.5 Å². The van der Waals surface area contributed by atoms with Crippen LogP contribution >= 0.6 is 15.9 Å². The molecule has 0 saturated carbocycles. The number of ether oxygens (including phenoxy) is 2. The second-order valence-corrected chi connectivity index (χ2v) is 5.81. The molecule has 0 aromatic heterocycles. The molecular weight excluding hydrogens is 376 g/mol. The number of benzene rings is 2. The number of hydrogen-bond acceptors (Lipinski definition) is 4. The Bertz CT molecular complexity index is 707. The predicted molar refractivity (Wildman–Crippen MR) is 92.6 cm³/mol. The Hall–Kier alpha value is -2.54. The minimum Gasteiger partial charge on any atom is -0.484 e. The topological polar surface area (TPSA) is 76.7 Å². The van der Waals surface area contributed by atoms with E-state index in [1.54, 1.807) is 30.3 Å². The largest absolute Gasteiger partial charge is 0.484 e. The van der Waals surface area contributed by atoms with Crippen molar-refractivity contribution >= 4 is 27.7 Å². The van der Waals surface area contributed by atoms with Crippen molar-refractivity contribution in [2.75, 3.05) is 13.2 Å². The predicted octanol–water partition coefficient (Wildman–Crippen LogP) is 2.36. The van der Waals surface area contributed by atoms with Gasteiger partial charge in [0.1, 0.15) is 11.5 Å². The summed E-state index contributed by atoms with van der Waals surface area (Å²) in [6, 6.07) is 14.4. The first-order valence-electron chi connectivity index (χ1n) is 7.19. The van der Waals surface area contributed by atoms with Crippen LogP contribution in [-0.4, -0.2) is 25.0 Å². The van der Waals surface area contributed by atoms with Gasteiger partial charge in [-0.1, -0.05) is 34.1 Å². The highest BCUT2D eigenvalue weighted by atomic mass is 79.9. The molecule has 24 heavy (non-hydrogen) atoms. The van der Waals surface area contributed by atoms with Crippen LogP contribution in [0, 0.1) is 6.92 Å². The van der Waals surface area contributed by atoms with Crippen molar-refractivity contribution in [3.63, 3.8) is 0 Å². The molecule has 0 bridgehead atoms. The summed E-state index contributed by atoms with van der Waals surface area (Å²) in [4.78, 5) is 23.3. The van der Waals surface area contributed by atoms with Crippen molar-refractivity contribution in [1.82, 2.24) is 10.9 Å². The van der Waals surface area contributed by atoms with Gasteiger partial charge in [-0.05, 0) is 42.8 Å². The van der Waals surface area contributed by atoms with Gasteiger partial charge in [0.25, 0.3) is 11.8 Å². The fraction of sp³-hybridized carbons (Fsp3) is 0.176. The Kier molecular flexibility index (Phi) is 6.62. The molecule has 0 aliphatic rings. The van der Waals surface area contributed by atoms with Crippen molar-refractivity contribution in [3.05, 3.63) is 58.6 Å². The van der Waals surface area contributed by atoms with E-state index in [1.165, 1.54) is 0 Å². The van der Waals surface area contributed by atoms with Crippen LogP contribution in [-0.2, 0) is 9.59 Å². The maximum Gasteiger partial charge on any atom is 0.276 e. The summed E-state index contributed by atoms with van der Waals surface area (Å²) in [5, 5.41) is 0. The van der Waals surface area contributed by atoms with Crippen LogP contribution in [0.2, 0.25) is 0 Å². The Morgan fingerprint density at radius 2 is 1.58 bits per heavy atom. The van der Waals surface area contributed by atoms with Crippen LogP contribution in [0.5, 0.6) is 11.5 Å². The van der Waals surface area contributed by atoms with Gasteiger partial charge >= 0.3 is 0 Å². The molecule has 0 unspecified atom stereocenters. The molecule has 0 saturated heterocycles. The first-order chi connectivity index (χ1) is 11.5. The lowest BCUT2D eigenvalue weighted by Gasteiger charge is -2.11. The third-order valence-electron chi connectivity index (χ3n) is 2.95. The molecule has 0 fully saturated rings. The number of para-hydroxylation sites is 1. The lowest BCUT2D eigenvalue weighted by molar-refractivity contribution is -0.131. The van der Waals surface area contributed by atoms with Crippen molar-refractivity contribution in [1.29, 1.82) is 0 Å². The Morgan fingerprint density at radius 1 is 0.958 bits per heavy atom. The first kappa shape index (κ1) is 17.8. The summed E-state index contributed by atoms with van der Waals surface area (Å²) in [5.74, 6) is 0.248. The third-order valence-corrected chi connectivity index (χ3v) is 3.44. The molecule has 0 aliphatic heterocycles. The normalized spacial score (nSPS) is 9.92. The molecular formula is C17H17BrN2O4. The highest BCUT2D eigenvalue weighted by Crippen LogP contribution is 2.21. The molecule has 0 heterocycles. The highest BCUT2D eigenvalue weighted by molar-refractivity contribution is 9.10. The van der Waals surface area contributed by atoms with Crippen LogP contribution in [0.4, 0.5) is 0 Å². The zero-order valence-electron chi connectivity index (χ0n) is 13.0. The molecule has 6 nitrogen and oxygen atoms in total. The van der Waals surface area contributed by atoms with Crippen molar-refractivity contribution in [2.45, 2.75) is 6.92 Å². The minimum absolute atomic E-state index is 0.197. The maximum absolute atomic E-state index is 11.7. The number of hydrogen-bond donors (Lipinski definition) is 2. The number of carbonyl (C=O) groups excluding carboxylic acids is 2. The van der Waals surface area contributed by atoms with Crippen LogP contribution < -0.4 is 20.3 Å². The molecule has 2 aromatic rings. The molecule has 2 aromatic carbocycles. The number of hydrazine groups is 1. The first-order valence-corrected chi connectivity index (χ1v) is 7.98. The standard InChI is InChI=1S/C17H17BrN2O4/c1-12-9-13(18)7-8-15(12)24-11-17(22)20-19-16(21)10-23-14-5-3-2-4-6-14/h2-9H,10-11H2,1H3,(H,19,21)(H,20,22). The van der Waals surface area contributed by atoms with E-state index in [1.807, 2.05) is 25.1 Å². The number of amides is 2. The van der Waals surface area contributed by atoms with E-state index in [4.69, 9.17) is 9.47 Å². The van der Waals surface area contributed by atoms with E-state index in [0.29, 0.717) is 11.5 Å². The summed E-state index contributed by atoms with van der Waals surface area (Å²) in [6.07, 6.45) is 0. The van der Waals surface area contributed by atoms with Crippen LogP contribution in [0.3, 0.4) is 0 Å². The quantitative estimate of drug-likeness (QED) is 0.739. The smallest absolute Gasteiger partial charge is 0.276 e. The van der Waals surface area contributed by atoms with Gasteiger partial charge in [-0.15, -0.1) is 0 Å². The van der Waals surface area contributed by atoms with Crippen LogP contribution in [0.15, 0.2) is 53.0 Å². The Labute approximate surface area is 148 Å². The minimum atomic E-state index is -0.467. The van der Waals surface area contributed by atoms with Crippen molar-refractivity contribution < 1.29 is 19.1 Å². The number of rotatable bonds is 6. The number of halogens is 1. The SMILES string of the molecule is Cc1cc(Br)ccc1OCC(=O)NNC(=O)COc1ccccc1. The second kappa shape index (κ2) is 8.93. The lowest BCUT2D eigenvalue weighted by atomic mass is 10.2. The number of carbonyl (C=O) groups is 2. The van der Waals surface area contributed by atoms with Gasteiger partial charge in [-0.2, -0.15) is 0 Å². The van der Waals surface area contributed by atoms with E-state index in [0.717, 1.165) is 10.0 Å². The van der Waals surface area contributed by atoms with Crippen LogP contribution in [0.25, 0.3) is 0 Å². The maximum atomic E-state index is 11.7. The molecule has 126 valence electrons. The van der Waals surface area contributed by atoms with E-state index >= 15 is 0 Å². The summed E-state index contributed by atoms with van der Waals surface area (Å²) in [5.41, 5.74) is 5.43. The monoisotopic (exact) mass is 392 g/mol. The highest BCUT2D eigenvalue weighted by Gasteiger charge is 2.07. The molecule has 7 heteroatoms. The van der Waals surface area contributed by atoms with Gasteiger partial charge in [0.15, 0.2) is 13.2 Å². The molecule has 0 atom stereocenters. The second-order valence-electron chi connectivity index (χ2n) is 4.90. The van der Waals surface area contributed by atoms with E-state index < -0.39 is 11.8 Å². The molecule has 2 N–H and O–H groups in total. The molecule has 0 radical (unpaired) electrons. The fourth-order valence-corrected chi connectivity index (χ4v) is 2.27. The van der Waals surface area contributed by atoms with Gasteiger partial charge in [0.2, 0.25) is 0 Å². The van der Waals surface area contributed by atoms with Crippen molar-refractivity contribution in [2.24, 2.45) is 0 Å². The summed E-state index contributed by atoms with van der Waals surface area (Å²) in [7, 11) is 0. The fourth-order valence-electron chi connectivity index (χ4n) is 1.80. The number of aryl methyl sites for hydroxylation is 1. The average molecular weight is 393 g/mol. The summed E-state index contributed by atoms with van der Waals surface area (Å²) in [6.45, 7) is 1.47.